The summed E-state index contributed by atoms with van der Waals surface area (Å²) in [5.41, 5.74) is 0.946. The molecule has 0 aliphatic carbocycles. The summed E-state index contributed by atoms with van der Waals surface area (Å²) >= 11 is 4.22. The van der Waals surface area contributed by atoms with Gasteiger partial charge in [0.2, 0.25) is 6.41 Å². The number of hydrogen-bond acceptors (Lipinski definition) is 3. The van der Waals surface area contributed by atoms with Crippen molar-refractivity contribution in [3.8, 4) is 0 Å². The number of hydrogen-bond donors (Lipinski definition) is 3. The Morgan fingerprint density at radius 3 is 2.36 bits per heavy atom. The minimum atomic E-state index is -1.10. The first-order valence-electron chi connectivity index (χ1n) is 4.12. The summed E-state index contributed by atoms with van der Waals surface area (Å²) in [7, 11) is 0. The van der Waals surface area contributed by atoms with Gasteiger partial charge in [0.1, 0.15) is 6.04 Å². The van der Waals surface area contributed by atoms with Gasteiger partial charge in [0.15, 0.2) is 0 Å². The second-order valence-electron chi connectivity index (χ2n) is 3.50. The first-order chi connectivity index (χ1) is 6.31. The van der Waals surface area contributed by atoms with Crippen molar-refractivity contribution in [1.29, 1.82) is 0 Å². The van der Waals surface area contributed by atoms with Gasteiger partial charge in [-0.1, -0.05) is 11.6 Å². The van der Waals surface area contributed by atoms with Crippen molar-refractivity contribution in [3.63, 3.8) is 0 Å². The van der Waals surface area contributed by atoms with Gasteiger partial charge < -0.3 is 10.4 Å². The molecular weight excluding hydrogens is 202 g/mol. The van der Waals surface area contributed by atoms with E-state index in [1.807, 2.05) is 13.8 Å². The van der Waals surface area contributed by atoms with E-state index >= 15 is 0 Å². The first-order valence-corrected chi connectivity index (χ1v) is 4.57. The maximum absolute atomic E-state index is 10.8. The predicted octanol–water partition coefficient (Wildman–Crippen LogP) is 0.840. The van der Waals surface area contributed by atoms with E-state index < -0.39 is 16.8 Å². The van der Waals surface area contributed by atoms with Gasteiger partial charge in [-0.2, -0.15) is 12.6 Å². The lowest BCUT2D eigenvalue weighted by Crippen LogP contribution is -2.49. The zero-order chi connectivity index (χ0) is 11.4. The molecular formula is C9H15NO3S. The molecule has 0 aromatic heterocycles. The highest BCUT2D eigenvalue weighted by Gasteiger charge is 2.34. The van der Waals surface area contributed by atoms with Gasteiger partial charge in [-0.3, -0.25) is 4.79 Å². The highest BCUT2D eigenvalue weighted by Crippen LogP contribution is 2.22. The van der Waals surface area contributed by atoms with Gasteiger partial charge in [-0.05, 0) is 20.8 Å². The SMILES string of the molecule is CC(C)=CC(C)(S)[C@@H](NC=O)C(=O)O. The number of nitrogens with one attached hydrogen (secondary N) is 1. The third kappa shape index (κ3) is 3.83. The van der Waals surface area contributed by atoms with E-state index in [-0.39, 0.29) is 0 Å². The quantitative estimate of drug-likeness (QED) is 0.363. The Labute approximate surface area is 88.8 Å². The molecule has 0 heterocycles. The molecule has 0 saturated heterocycles. The first kappa shape index (κ1) is 13.0. The smallest absolute Gasteiger partial charge is 0.327 e. The Balaban J connectivity index is 4.88. The van der Waals surface area contributed by atoms with E-state index in [0.29, 0.717) is 6.41 Å². The van der Waals surface area contributed by atoms with Gasteiger partial charge in [0.25, 0.3) is 0 Å². The largest absolute Gasteiger partial charge is 0.480 e. The Bertz CT molecular complexity index is 257. The van der Waals surface area contributed by atoms with Crippen molar-refractivity contribution in [2.45, 2.75) is 31.6 Å². The molecule has 1 unspecified atom stereocenters. The molecule has 0 bridgehead atoms. The molecule has 0 rings (SSSR count). The van der Waals surface area contributed by atoms with Gasteiger partial charge in [-0.25, -0.2) is 4.79 Å². The number of rotatable bonds is 5. The Morgan fingerprint density at radius 1 is 1.57 bits per heavy atom. The topological polar surface area (TPSA) is 66.4 Å². The second kappa shape index (κ2) is 5.05. The lowest BCUT2D eigenvalue weighted by Gasteiger charge is -2.27. The number of carboxylic acid groups (broad SMARTS) is 1. The Morgan fingerprint density at radius 2 is 2.07 bits per heavy atom. The Kier molecular flexibility index (Phi) is 4.70. The van der Waals surface area contributed by atoms with Crippen LogP contribution in [0.2, 0.25) is 0 Å². The second-order valence-corrected chi connectivity index (χ2v) is 4.47. The molecule has 4 nitrogen and oxygen atoms in total. The summed E-state index contributed by atoms with van der Waals surface area (Å²) in [4.78, 5) is 21.0. The number of carbonyl (C=O) groups is 2. The highest BCUT2D eigenvalue weighted by molar-refractivity contribution is 7.82. The average molecular weight is 217 g/mol. The third-order valence-corrected chi connectivity index (χ3v) is 2.03. The number of amides is 1. The lowest BCUT2D eigenvalue weighted by atomic mass is 9.98. The van der Waals surface area contributed by atoms with E-state index in [9.17, 15) is 9.59 Å². The fourth-order valence-electron chi connectivity index (χ4n) is 1.23. The zero-order valence-corrected chi connectivity index (χ0v) is 9.34. The molecule has 2 N–H and O–H groups in total. The molecule has 80 valence electrons. The van der Waals surface area contributed by atoms with Crippen LogP contribution in [-0.2, 0) is 9.59 Å². The van der Waals surface area contributed by atoms with Crippen molar-refractivity contribution in [1.82, 2.24) is 5.32 Å². The minimum absolute atomic E-state index is 0.367. The molecule has 2 atom stereocenters. The van der Waals surface area contributed by atoms with E-state index in [4.69, 9.17) is 5.11 Å². The summed E-state index contributed by atoms with van der Waals surface area (Å²) in [5.74, 6) is -1.10. The summed E-state index contributed by atoms with van der Waals surface area (Å²) < 4.78 is -0.897. The molecule has 0 aromatic carbocycles. The fraction of sp³-hybridized carbons (Fsp3) is 0.556. The molecule has 0 spiro atoms. The van der Waals surface area contributed by atoms with Crippen LogP contribution in [-0.4, -0.2) is 28.3 Å². The van der Waals surface area contributed by atoms with E-state index in [1.165, 1.54) is 0 Å². The minimum Gasteiger partial charge on any atom is -0.480 e. The summed E-state index contributed by atoms with van der Waals surface area (Å²) in [6.45, 7) is 5.32. The lowest BCUT2D eigenvalue weighted by molar-refractivity contribution is -0.141. The molecule has 5 heteroatoms. The summed E-state index contributed by atoms with van der Waals surface area (Å²) in [5, 5.41) is 11.1. The molecule has 0 radical (unpaired) electrons. The molecule has 1 amide bonds. The fourth-order valence-corrected chi connectivity index (χ4v) is 1.67. The van der Waals surface area contributed by atoms with Gasteiger partial charge in [-0.15, -0.1) is 0 Å². The van der Waals surface area contributed by atoms with Crippen LogP contribution in [0.4, 0.5) is 0 Å². The standard InChI is InChI=1S/C9H15NO3S/c1-6(2)4-9(3,14)7(8(12)13)10-5-11/h4-5,7,14H,1-3H3,(H,10,11)(H,12,13)/t7-,9?/m0/s1. The molecule has 0 aliphatic rings. The van der Waals surface area contributed by atoms with E-state index in [1.54, 1.807) is 13.0 Å². The van der Waals surface area contributed by atoms with Crippen LogP contribution in [0.3, 0.4) is 0 Å². The van der Waals surface area contributed by atoms with Crippen LogP contribution >= 0.6 is 12.6 Å². The van der Waals surface area contributed by atoms with Crippen LogP contribution in [0, 0.1) is 0 Å². The molecule has 0 fully saturated rings. The van der Waals surface area contributed by atoms with Gasteiger partial charge in [0.05, 0.1) is 4.75 Å². The number of carboxylic acids is 1. The van der Waals surface area contributed by atoms with E-state index in [2.05, 4.69) is 17.9 Å². The van der Waals surface area contributed by atoms with Crippen molar-refractivity contribution in [2.24, 2.45) is 0 Å². The van der Waals surface area contributed by atoms with Crippen LogP contribution in [0.1, 0.15) is 20.8 Å². The van der Waals surface area contributed by atoms with Crippen LogP contribution in [0.15, 0.2) is 11.6 Å². The van der Waals surface area contributed by atoms with Crippen LogP contribution in [0.5, 0.6) is 0 Å². The maximum atomic E-state index is 10.8. The van der Waals surface area contributed by atoms with E-state index in [0.717, 1.165) is 5.57 Å². The van der Waals surface area contributed by atoms with Crippen molar-refractivity contribution >= 4 is 25.0 Å². The third-order valence-electron chi connectivity index (χ3n) is 1.65. The zero-order valence-electron chi connectivity index (χ0n) is 8.44. The van der Waals surface area contributed by atoms with Gasteiger partial charge >= 0.3 is 5.97 Å². The van der Waals surface area contributed by atoms with Crippen LogP contribution < -0.4 is 5.32 Å². The number of allylic oxidation sites excluding steroid dienone is 1. The normalized spacial score (nSPS) is 16.3. The molecule has 0 saturated carbocycles. The average Bonchev–Trinajstić information content (AvgIpc) is 1.96. The van der Waals surface area contributed by atoms with Crippen LogP contribution in [0.25, 0.3) is 0 Å². The predicted molar refractivity (Wildman–Crippen MR) is 57.4 cm³/mol. The summed E-state index contributed by atoms with van der Waals surface area (Å²) in [6, 6.07) is -1.03. The number of thiol groups is 1. The molecule has 14 heavy (non-hydrogen) atoms. The van der Waals surface area contributed by atoms with Gasteiger partial charge in [0, 0.05) is 0 Å². The Hall–Kier alpha value is -0.970. The van der Waals surface area contributed by atoms with Crippen molar-refractivity contribution in [3.05, 3.63) is 11.6 Å². The molecule has 0 aliphatic heterocycles. The van der Waals surface area contributed by atoms with Crippen molar-refractivity contribution < 1.29 is 14.7 Å². The summed E-state index contributed by atoms with van der Waals surface area (Å²) in [6.07, 6.45) is 2.07. The number of aliphatic carboxylic acids is 1. The number of carbonyl (C=O) groups excluding carboxylic acids is 1. The highest BCUT2D eigenvalue weighted by atomic mass is 32.1. The maximum Gasteiger partial charge on any atom is 0.327 e. The van der Waals surface area contributed by atoms with Crippen molar-refractivity contribution in [2.75, 3.05) is 0 Å². The molecule has 0 aromatic rings. The monoisotopic (exact) mass is 217 g/mol.